The lowest BCUT2D eigenvalue weighted by Crippen LogP contribution is -2.07. The number of ether oxygens (including phenoxy) is 3. The molecule has 0 saturated carbocycles. The molecule has 0 amide bonds. The second-order valence-corrected chi connectivity index (χ2v) is 5.27. The first-order chi connectivity index (χ1) is 11.7. The Balaban J connectivity index is 1.96. The SMILES string of the molecule is CCOC(=O)Cc1noc2ccc3cc(OCCOC)ccc3c12. The molecule has 2 aromatic carbocycles. The van der Waals surface area contributed by atoms with Crippen molar-refractivity contribution in [2.24, 2.45) is 0 Å². The molecule has 3 rings (SSSR count). The van der Waals surface area contributed by atoms with Crippen LogP contribution in [0.4, 0.5) is 0 Å². The number of carbonyl (C=O) groups excluding carboxylic acids is 1. The minimum absolute atomic E-state index is 0.0893. The van der Waals surface area contributed by atoms with Crippen LogP contribution in [0.5, 0.6) is 5.75 Å². The average molecular weight is 329 g/mol. The lowest BCUT2D eigenvalue weighted by molar-refractivity contribution is -0.142. The maximum absolute atomic E-state index is 11.8. The van der Waals surface area contributed by atoms with E-state index in [1.54, 1.807) is 14.0 Å². The van der Waals surface area contributed by atoms with Crippen LogP contribution in [0.25, 0.3) is 21.7 Å². The van der Waals surface area contributed by atoms with Crippen LogP contribution < -0.4 is 4.74 Å². The first kappa shape index (κ1) is 16.3. The second-order valence-electron chi connectivity index (χ2n) is 5.27. The molecular weight excluding hydrogens is 310 g/mol. The fraction of sp³-hybridized carbons (Fsp3) is 0.333. The zero-order valence-electron chi connectivity index (χ0n) is 13.7. The van der Waals surface area contributed by atoms with Crippen molar-refractivity contribution in [3.63, 3.8) is 0 Å². The summed E-state index contributed by atoms with van der Waals surface area (Å²) in [5.74, 6) is 0.450. The Morgan fingerprint density at radius 3 is 2.88 bits per heavy atom. The van der Waals surface area contributed by atoms with Gasteiger partial charge in [0.05, 0.1) is 25.0 Å². The van der Waals surface area contributed by atoms with Crippen molar-refractivity contribution in [1.82, 2.24) is 5.16 Å². The van der Waals surface area contributed by atoms with Gasteiger partial charge in [-0.2, -0.15) is 0 Å². The summed E-state index contributed by atoms with van der Waals surface area (Å²) >= 11 is 0. The largest absolute Gasteiger partial charge is 0.491 e. The van der Waals surface area contributed by atoms with Gasteiger partial charge in [-0.05, 0) is 42.0 Å². The molecule has 0 atom stereocenters. The average Bonchev–Trinajstić information content (AvgIpc) is 2.98. The summed E-state index contributed by atoms with van der Waals surface area (Å²) in [4.78, 5) is 11.8. The summed E-state index contributed by atoms with van der Waals surface area (Å²) in [6.45, 7) is 3.15. The van der Waals surface area contributed by atoms with Crippen LogP contribution >= 0.6 is 0 Å². The fourth-order valence-electron chi connectivity index (χ4n) is 2.61. The molecular formula is C18H19NO5. The molecule has 6 nitrogen and oxygen atoms in total. The van der Waals surface area contributed by atoms with Gasteiger partial charge in [-0.1, -0.05) is 11.2 Å². The molecule has 0 bridgehead atoms. The number of hydrogen-bond acceptors (Lipinski definition) is 6. The highest BCUT2D eigenvalue weighted by molar-refractivity contribution is 6.07. The van der Waals surface area contributed by atoms with Crippen LogP contribution in [-0.2, 0) is 20.7 Å². The summed E-state index contributed by atoms with van der Waals surface area (Å²) in [6, 6.07) is 9.58. The van der Waals surface area contributed by atoms with Gasteiger partial charge in [0.1, 0.15) is 18.1 Å². The van der Waals surface area contributed by atoms with Gasteiger partial charge >= 0.3 is 5.97 Å². The molecule has 0 unspecified atom stereocenters. The van der Waals surface area contributed by atoms with Crippen molar-refractivity contribution in [1.29, 1.82) is 0 Å². The highest BCUT2D eigenvalue weighted by atomic mass is 16.5. The topological polar surface area (TPSA) is 70.8 Å². The summed E-state index contributed by atoms with van der Waals surface area (Å²) in [5.41, 5.74) is 1.23. The van der Waals surface area contributed by atoms with Gasteiger partial charge in [-0.3, -0.25) is 4.79 Å². The van der Waals surface area contributed by atoms with Crippen molar-refractivity contribution in [2.75, 3.05) is 26.9 Å². The van der Waals surface area contributed by atoms with Crippen LogP contribution in [0, 0.1) is 0 Å². The van der Waals surface area contributed by atoms with E-state index in [0.29, 0.717) is 31.1 Å². The smallest absolute Gasteiger partial charge is 0.312 e. The van der Waals surface area contributed by atoms with Crippen LogP contribution in [0.3, 0.4) is 0 Å². The van der Waals surface area contributed by atoms with E-state index < -0.39 is 0 Å². The molecule has 1 aromatic heterocycles. The minimum Gasteiger partial charge on any atom is -0.491 e. The lowest BCUT2D eigenvalue weighted by Gasteiger charge is -2.07. The molecule has 1 heterocycles. The fourth-order valence-corrected chi connectivity index (χ4v) is 2.61. The van der Waals surface area contributed by atoms with Crippen molar-refractivity contribution in [3.05, 3.63) is 36.0 Å². The van der Waals surface area contributed by atoms with E-state index in [9.17, 15) is 4.79 Å². The number of benzene rings is 2. The van der Waals surface area contributed by atoms with Gasteiger partial charge in [-0.15, -0.1) is 0 Å². The van der Waals surface area contributed by atoms with E-state index >= 15 is 0 Å². The van der Waals surface area contributed by atoms with Crippen LogP contribution in [0.1, 0.15) is 12.6 Å². The number of rotatable bonds is 7. The zero-order chi connectivity index (χ0) is 16.9. The third-order valence-electron chi connectivity index (χ3n) is 3.67. The van der Waals surface area contributed by atoms with Gasteiger partial charge in [0, 0.05) is 7.11 Å². The monoisotopic (exact) mass is 329 g/mol. The molecule has 0 radical (unpaired) electrons. The standard InChI is InChI=1S/C18H19NO5/c1-3-22-17(20)11-15-18-14-6-5-13(23-9-8-21-2)10-12(14)4-7-16(18)24-19-15/h4-7,10H,3,8-9,11H2,1-2H3. The Morgan fingerprint density at radius 2 is 2.08 bits per heavy atom. The first-order valence-electron chi connectivity index (χ1n) is 7.81. The molecule has 0 aliphatic carbocycles. The molecule has 6 heteroatoms. The normalized spacial score (nSPS) is 11.1. The number of aromatic nitrogens is 1. The number of methoxy groups -OCH3 is 1. The van der Waals surface area contributed by atoms with Crippen molar-refractivity contribution in [2.45, 2.75) is 13.3 Å². The quantitative estimate of drug-likeness (QED) is 0.490. The third kappa shape index (κ3) is 3.33. The van der Waals surface area contributed by atoms with Crippen molar-refractivity contribution in [3.8, 4) is 5.75 Å². The summed E-state index contributed by atoms with van der Waals surface area (Å²) in [5, 5.41) is 6.82. The van der Waals surface area contributed by atoms with Gasteiger partial charge in [0.25, 0.3) is 0 Å². The molecule has 0 spiro atoms. The predicted octanol–water partition coefficient (Wildman–Crippen LogP) is 3.11. The summed E-state index contributed by atoms with van der Waals surface area (Å²) in [7, 11) is 1.64. The minimum atomic E-state index is -0.316. The maximum atomic E-state index is 11.8. The third-order valence-corrected chi connectivity index (χ3v) is 3.67. The first-order valence-corrected chi connectivity index (χ1v) is 7.81. The van der Waals surface area contributed by atoms with E-state index in [-0.39, 0.29) is 12.4 Å². The Bertz CT molecular complexity index is 855. The molecule has 0 fully saturated rings. The van der Waals surface area contributed by atoms with Gasteiger partial charge < -0.3 is 18.7 Å². The Labute approximate surface area is 139 Å². The lowest BCUT2D eigenvalue weighted by atomic mass is 10.0. The van der Waals surface area contributed by atoms with E-state index in [1.807, 2.05) is 30.3 Å². The summed E-state index contributed by atoms with van der Waals surface area (Å²) in [6.07, 6.45) is 0.0893. The Kier molecular flexibility index (Phi) is 4.96. The zero-order valence-corrected chi connectivity index (χ0v) is 13.7. The number of fused-ring (bicyclic) bond motifs is 3. The second kappa shape index (κ2) is 7.31. The molecule has 24 heavy (non-hydrogen) atoms. The highest BCUT2D eigenvalue weighted by Crippen LogP contribution is 2.31. The van der Waals surface area contributed by atoms with E-state index in [1.165, 1.54) is 0 Å². The van der Waals surface area contributed by atoms with Gasteiger partial charge in [0.2, 0.25) is 0 Å². The molecule has 3 aromatic rings. The van der Waals surface area contributed by atoms with Gasteiger partial charge in [-0.25, -0.2) is 0 Å². The van der Waals surface area contributed by atoms with Gasteiger partial charge in [0.15, 0.2) is 5.58 Å². The summed E-state index contributed by atoms with van der Waals surface area (Å²) < 4.78 is 21.0. The molecule has 0 N–H and O–H groups in total. The number of nitrogens with zero attached hydrogens (tertiary/aromatic N) is 1. The van der Waals surface area contributed by atoms with Crippen LogP contribution in [0.2, 0.25) is 0 Å². The van der Waals surface area contributed by atoms with E-state index in [4.69, 9.17) is 18.7 Å². The van der Waals surface area contributed by atoms with Crippen molar-refractivity contribution < 1.29 is 23.5 Å². The van der Waals surface area contributed by atoms with Crippen LogP contribution in [-0.4, -0.2) is 38.1 Å². The maximum Gasteiger partial charge on any atom is 0.312 e. The number of carbonyl (C=O) groups is 1. The predicted molar refractivity (Wildman–Crippen MR) is 89.2 cm³/mol. The Morgan fingerprint density at radius 1 is 1.21 bits per heavy atom. The van der Waals surface area contributed by atoms with E-state index in [0.717, 1.165) is 21.9 Å². The Hall–Kier alpha value is -2.60. The highest BCUT2D eigenvalue weighted by Gasteiger charge is 2.16. The van der Waals surface area contributed by atoms with Crippen LogP contribution in [0.15, 0.2) is 34.9 Å². The number of hydrogen-bond donors (Lipinski definition) is 0. The molecule has 0 saturated heterocycles. The molecule has 0 aliphatic rings. The molecule has 0 aliphatic heterocycles. The number of esters is 1. The van der Waals surface area contributed by atoms with Crippen molar-refractivity contribution >= 4 is 27.7 Å². The van der Waals surface area contributed by atoms with E-state index in [2.05, 4.69) is 5.16 Å². The molecule has 126 valence electrons.